The molecule has 4 amide bonds. The maximum absolute atomic E-state index is 13.5. The second-order valence-corrected chi connectivity index (χ2v) is 8.73. The predicted molar refractivity (Wildman–Crippen MR) is 127 cm³/mol. The zero-order valence-corrected chi connectivity index (χ0v) is 20.0. The van der Waals surface area contributed by atoms with Crippen LogP contribution in [0.25, 0.3) is 0 Å². The molecule has 0 spiro atoms. The van der Waals surface area contributed by atoms with Crippen LogP contribution < -0.4 is 22.1 Å². The first-order valence-electron chi connectivity index (χ1n) is 11.6. The zero-order chi connectivity index (χ0) is 27.7. The summed E-state index contributed by atoms with van der Waals surface area (Å²) in [6.07, 6.45) is -0.522. The molecule has 14 heteroatoms. The van der Waals surface area contributed by atoms with Gasteiger partial charge in [0.15, 0.2) is 0 Å². The van der Waals surface area contributed by atoms with E-state index in [2.05, 4.69) is 10.6 Å². The monoisotopic (exact) mass is 521 g/mol. The summed E-state index contributed by atoms with van der Waals surface area (Å²) in [7, 11) is 0. The minimum absolute atomic E-state index is 0.00780. The molecular formula is C23H31N5O9. The minimum Gasteiger partial charge on any atom is -0.508 e. The Balaban J connectivity index is 2.22. The standard InChI is InChI=1S/C23H31N5O9/c24-14(7-8-19(31)32)20(33)26-15(10-12-3-5-13(29)6-4-12)22(35)28-9-1-2-17(28)21(34)27-16(23(36)37)11-18(25)30/h3-6,14-17,29H,1-2,7-11,24H2,(H2,25,30)(H,26,33)(H,27,34)(H,31,32)(H,36,37). The third kappa shape index (κ3) is 8.75. The van der Waals surface area contributed by atoms with Gasteiger partial charge in [-0.3, -0.25) is 24.0 Å². The van der Waals surface area contributed by atoms with E-state index in [4.69, 9.17) is 16.6 Å². The van der Waals surface area contributed by atoms with Gasteiger partial charge in [0, 0.05) is 19.4 Å². The number of hydrogen-bond donors (Lipinski definition) is 7. The molecule has 0 saturated carbocycles. The maximum Gasteiger partial charge on any atom is 0.326 e. The summed E-state index contributed by atoms with van der Waals surface area (Å²) in [6, 6.07) is 0.867. The molecule has 4 unspecified atom stereocenters. The number of hydrogen-bond acceptors (Lipinski definition) is 8. The molecule has 37 heavy (non-hydrogen) atoms. The van der Waals surface area contributed by atoms with Gasteiger partial charge in [0.05, 0.1) is 12.5 Å². The van der Waals surface area contributed by atoms with Crippen LogP contribution in [-0.4, -0.2) is 86.5 Å². The second-order valence-electron chi connectivity index (χ2n) is 8.73. The molecule has 4 atom stereocenters. The summed E-state index contributed by atoms with van der Waals surface area (Å²) in [5, 5.41) is 32.4. The summed E-state index contributed by atoms with van der Waals surface area (Å²) in [6.45, 7) is 0.150. The van der Waals surface area contributed by atoms with Crippen molar-refractivity contribution in [1.82, 2.24) is 15.5 Å². The molecular weight excluding hydrogens is 490 g/mol. The highest BCUT2D eigenvalue weighted by Crippen LogP contribution is 2.21. The van der Waals surface area contributed by atoms with Crippen molar-refractivity contribution in [3.8, 4) is 5.75 Å². The smallest absolute Gasteiger partial charge is 0.326 e. The molecule has 0 aromatic heterocycles. The second kappa shape index (κ2) is 13.2. The normalized spacial score (nSPS) is 17.3. The highest BCUT2D eigenvalue weighted by atomic mass is 16.4. The average Bonchev–Trinajstić information content (AvgIpc) is 3.32. The number of rotatable bonds is 13. The number of nitrogens with two attached hydrogens (primary N) is 2. The van der Waals surface area contributed by atoms with Gasteiger partial charge < -0.3 is 42.3 Å². The fraction of sp³-hybridized carbons (Fsp3) is 0.478. The number of carbonyl (C=O) groups is 6. The highest BCUT2D eigenvalue weighted by Gasteiger charge is 2.39. The first-order chi connectivity index (χ1) is 17.4. The largest absolute Gasteiger partial charge is 0.508 e. The first kappa shape index (κ1) is 29.0. The van der Waals surface area contributed by atoms with Crippen LogP contribution in [-0.2, 0) is 35.2 Å². The topological polar surface area (TPSA) is 242 Å². The lowest BCUT2D eigenvalue weighted by atomic mass is 10.0. The molecule has 1 heterocycles. The third-order valence-electron chi connectivity index (χ3n) is 5.86. The van der Waals surface area contributed by atoms with E-state index in [1.807, 2.05) is 0 Å². The van der Waals surface area contributed by atoms with Crippen LogP contribution in [0.15, 0.2) is 24.3 Å². The Morgan fingerprint density at radius 3 is 2.24 bits per heavy atom. The quantitative estimate of drug-likeness (QED) is 0.151. The Hall–Kier alpha value is -4.20. The van der Waals surface area contributed by atoms with Crippen molar-refractivity contribution < 1.29 is 44.1 Å². The molecule has 202 valence electrons. The zero-order valence-electron chi connectivity index (χ0n) is 20.0. The Kier molecular flexibility index (Phi) is 10.4. The lowest BCUT2D eigenvalue weighted by molar-refractivity contribution is -0.146. The SMILES string of the molecule is NC(=O)CC(NC(=O)C1CCCN1C(=O)C(Cc1ccc(O)cc1)NC(=O)C(N)CCC(=O)O)C(=O)O. The highest BCUT2D eigenvalue weighted by molar-refractivity contribution is 5.95. The van der Waals surface area contributed by atoms with Gasteiger partial charge in [0.25, 0.3) is 0 Å². The van der Waals surface area contributed by atoms with E-state index in [9.17, 15) is 39.0 Å². The van der Waals surface area contributed by atoms with Gasteiger partial charge in [-0.25, -0.2) is 4.79 Å². The van der Waals surface area contributed by atoms with Gasteiger partial charge in [-0.15, -0.1) is 0 Å². The van der Waals surface area contributed by atoms with E-state index in [1.54, 1.807) is 12.1 Å². The molecule has 9 N–H and O–H groups in total. The molecule has 1 aromatic rings. The molecule has 1 aliphatic heterocycles. The molecule has 14 nitrogen and oxygen atoms in total. The van der Waals surface area contributed by atoms with E-state index in [-0.39, 0.29) is 38.0 Å². The first-order valence-corrected chi connectivity index (χ1v) is 11.6. The van der Waals surface area contributed by atoms with E-state index in [0.29, 0.717) is 12.0 Å². The van der Waals surface area contributed by atoms with Crippen molar-refractivity contribution in [1.29, 1.82) is 0 Å². The van der Waals surface area contributed by atoms with Crippen LogP contribution in [0.3, 0.4) is 0 Å². The van der Waals surface area contributed by atoms with Gasteiger partial charge in [-0.1, -0.05) is 12.1 Å². The number of carbonyl (C=O) groups excluding carboxylic acids is 4. The number of nitrogens with zero attached hydrogens (tertiary/aromatic N) is 1. The molecule has 0 bridgehead atoms. The average molecular weight is 522 g/mol. The maximum atomic E-state index is 13.5. The lowest BCUT2D eigenvalue weighted by Gasteiger charge is -2.30. The molecule has 1 saturated heterocycles. The molecule has 1 aliphatic rings. The number of aromatic hydroxyl groups is 1. The van der Waals surface area contributed by atoms with Crippen molar-refractivity contribution in [2.24, 2.45) is 11.5 Å². The number of carboxylic acid groups (broad SMARTS) is 2. The fourth-order valence-corrected chi connectivity index (χ4v) is 3.93. The summed E-state index contributed by atoms with van der Waals surface area (Å²) < 4.78 is 0. The van der Waals surface area contributed by atoms with Gasteiger partial charge in [-0.2, -0.15) is 0 Å². The third-order valence-corrected chi connectivity index (χ3v) is 5.86. The van der Waals surface area contributed by atoms with Crippen LogP contribution in [0.5, 0.6) is 5.75 Å². The van der Waals surface area contributed by atoms with Crippen LogP contribution >= 0.6 is 0 Å². The molecule has 1 aromatic carbocycles. The number of amides is 4. The number of carboxylic acids is 2. The Morgan fingerprint density at radius 1 is 1.03 bits per heavy atom. The van der Waals surface area contributed by atoms with E-state index < -0.39 is 66.2 Å². The van der Waals surface area contributed by atoms with E-state index >= 15 is 0 Å². The Bertz CT molecular complexity index is 1030. The van der Waals surface area contributed by atoms with Crippen molar-refractivity contribution >= 4 is 35.6 Å². The number of aliphatic carboxylic acids is 2. The van der Waals surface area contributed by atoms with Crippen molar-refractivity contribution in [2.75, 3.05) is 6.54 Å². The molecule has 2 rings (SSSR count). The molecule has 1 fully saturated rings. The number of likely N-dealkylation sites (tertiary alicyclic amines) is 1. The van der Waals surface area contributed by atoms with Crippen molar-refractivity contribution in [3.63, 3.8) is 0 Å². The number of benzene rings is 1. The van der Waals surface area contributed by atoms with E-state index in [0.717, 1.165) is 0 Å². The molecule has 0 aliphatic carbocycles. The number of primary amides is 1. The summed E-state index contributed by atoms with van der Waals surface area (Å²) in [5.74, 6) is -5.71. The number of phenols is 1. The summed E-state index contributed by atoms with van der Waals surface area (Å²) in [5.41, 5.74) is 11.4. The van der Waals surface area contributed by atoms with Gasteiger partial charge in [0.1, 0.15) is 23.9 Å². The van der Waals surface area contributed by atoms with Crippen LogP contribution in [0.4, 0.5) is 0 Å². The van der Waals surface area contributed by atoms with Crippen LogP contribution in [0.1, 0.15) is 37.7 Å². The molecule has 0 radical (unpaired) electrons. The van der Waals surface area contributed by atoms with Gasteiger partial charge >= 0.3 is 11.9 Å². The van der Waals surface area contributed by atoms with Crippen molar-refractivity contribution in [2.45, 2.75) is 62.7 Å². The van der Waals surface area contributed by atoms with Gasteiger partial charge in [0.2, 0.25) is 23.6 Å². The Morgan fingerprint density at radius 2 is 1.68 bits per heavy atom. The minimum atomic E-state index is -1.57. The van der Waals surface area contributed by atoms with Crippen molar-refractivity contribution in [3.05, 3.63) is 29.8 Å². The lowest BCUT2D eigenvalue weighted by Crippen LogP contribution is -2.57. The van der Waals surface area contributed by atoms with Gasteiger partial charge in [-0.05, 0) is 37.0 Å². The van der Waals surface area contributed by atoms with Crippen LogP contribution in [0, 0.1) is 0 Å². The number of nitrogens with one attached hydrogen (secondary N) is 2. The summed E-state index contributed by atoms with van der Waals surface area (Å²) >= 11 is 0. The fourth-order valence-electron chi connectivity index (χ4n) is 3.93. The summed E-state index contributed by atoms with van der Waals surface area (Å²) in [4.78, 5) is 73.6. The van der Waals surface area contributed by atoms with Crippen LogP contribution in [0.2, 0.25) is 0 Å². The number of phenolic OH excluding ortho intramolecular Hbond substituents is 1. The van der Waals surface area contributed by atoms with E-state index in [1.165, 1.54) is 17.0 Å². The predicted octanol–water partition coefficient (Wildman–Crippen LogP) is -1.95. The Labute approximate surface area is 212 Å².